The molecule has 10 nitrogen and oxygen atoms in total. The summed E-state index contributed by atoms with van der Waals surface area (Å²) in [6.07, 6.45) is 5.36. The van der Waals surface area contributed by atoms with Crippen LogP contribution in [0, 0.1) is 17.7 Å². The Morgan fingerprint density at radius 1 is 1.12 bits per heavy atom. The van der Waals surface area contributed by atoms with Crippen LogP contribution in [-0.4, -0.2) is 67.5 Å². The van der Waals surface area contributed by atoms with Crippen molar-refractivity contribution in [2.24, 2.45) is 17.6 Å². The zero-order valence-corrected chi connectivity index (χ0v) is 31.9. The molecule has 50 heavy (non-hydrogen) atoms. The van der Waals surface area contributed by atoms with Crippen molar-refractivity contribution in [3.63, 3.8) is 0 Å². The number of Topliss-reactive ketones (excluding diaryl/α,β-unsaturated/α-hetero) is 2. The standard InChI is InChI=1S/C38H54FN3O7Si/c1-9-11-16-46-26-20-22(25-14-13-15-42(25)6)30(39)23-18-21-19-24-31(40)33-29(36(41-48-33)47-17-12-10-2)35(45)38(24,49-50(7,8)37(3,4)5)34(44)27(21)32(43)28(23)26/h20-21,24-25,31,43H,9-19,40H2,1-8H3/t21-,24-,25?,31-,38-/m0/s1. The quantitative estimate of drug-likeness (QED) is 0.136. The third-order valence-corrected chi connectivity index (χ3v) is 16.4. The number of hydrogen-bond acceptors (Lipinski definition) is 10. The van der Waals surface area contributed by atoms with Gasteiger partial charge in [-0.05, 0) is 87.4 Å². The minimum absolute atomic E-state index is 0.00855. The van der Waals surface area contributed by atoms with Crippen molar-refractivity contribution in [3.05, 3.63) is 45.5 Å². The number of unbranched alkanes of at least 4 members (excludes halogenated alkanes) is 2. The number of aliphatic hydroxyl groups is 1. The molecule has 1 saturated heterocycles. The van der Waals surface area contributed by atoms with Crippen LogP contribution in [0.1, 0.15) is 124 Å². The van der Waals surface area contributed by atoms with E-state index in [2.05, 4.69) is 17.0 Å². The first kappa shape index (κ1) is 36.7. The molecule has 4 aliphatic rings. The zero-order valence-electron chi connectivity index (χ0n) is 30.9. The fraction of sp³-hybridized carbons (Fsp3) is 0.658. The van der Waals surface area contributed by atoms with Gasteiger partial charge in [0.15, 0.2) is 19.7 Å². The van der Waals surface area contributed by atoms with Crippen molar-refractivity contribution in [3.8, 4) is 11.6 Å². The first-order valence-corrected chi connectivity index (χ1v) is 21.3. The zero-order chi connectivity index (χ0) is 36.3. The Bertz CT molecular complexity index is 1700. The highest BCUT2D eigenvalue weighted by atomic mass is 28.4. The summed E-state index contributed by atoms with van der Waals surface area (Å²) < 4.78 is 41.7. The number of fused-ring (bicyclic) bond motifs is 4. The molecule has 0 radical (unpaired) electrons. The monoisotopic (exact) mass is 711 g/mol. The first-order valence-electron chi connectivity index (χ1n) is 18.4. The molecule has 0 bridgehead atoms. The predicted octanol–water partition coefficient (Wildman–Crippen LogP) is 7.63. The second kappa shape index (κ2) is 13.5. The Hall–Kier alpha value is -3.06. The maximum atomic E-state index is 16.8. The van der Waals surface area contributed by atoms with Crippen molar-refractivity contribution in [1.29, 1.82) is 0 Å². The Morgan fingerprint density at radius 2 is 1.80 bits per heavy atom. The molecule has 1 unspecified atom stereocenters. The molecule has 1 aliphatic heterocycles. The van der Waals surface area contributed by atoms with Gasteiger partial charge in [0.05, 0.1) is 24.8 Å². The third kappa shape index (κ3) is 5.74. The van der Waals surface area contributed by atoms with Crippen LogP contribution in [0.3, 0.4) is 0 Å². The number of halogens is 1. The number of ether oxygens (including phenoxy) is 2. The van der Waals surface area contributed by atoms with Gasteiger partial charge in [-0.15, -0.1) is 0 Å². The number of ketones is 2. The topological polar surface area (TPSA) is 137 Å². The van der Waals surface area contributed by atoms with E-state index in [1.165, 1.54) is 0 Å². The Labute approximate surface area is 296 Å². The molecule has 274 valence electrons. The van der Waals surface area contributed by atoms with Crippen LogP contribution in [0.25, 0.3) is 5.76 Å². The Morgan fingerprint density at radius 3 is 2.42 bits per heavy atom. The number of likely N-dealkylation sites (tertiary alicyclic amines) is 1. The van der Waals surface area contributed by atoms with Gasteiger partial charge in [0, 0.05) is 28.7 Å². The average molecular weight is 712 g/mol. The molecule has 2 fully saturated rings. The number of rotatable bonds is 11. The molecule has 6 rings (SSSR count). The van der Waals surface area contributed by atoms with E-state index < -0.39 is 43.4 Å². The van der Waals surface area contributed by atoms with Crippen molar-refractivity contribution < 1.29 is 37.5 Å². The van der Waals surface area contributed by atoms with Crippen LogP contribution in [0.15, 0.2) is 16.2 Å². The number of aliphatic hydroxyl groups excluding tert-OH is 1. The SMILES string of the molecule is CCCCOc1cc(C2CCCN2C)c(F)c2c1C(O)=C1C(=O)[C@]3(O[Si](C)(C)C(C)(C)C)C(=O)c4c(OCCCC)noc4[C@@H](N)[C@@H]3C[C@@H]1C2. The van der Waals surface area contributed by atoms with Crippen LogP contribution in [0.4, 0.5) is 4.39 Å². The Balaban J connectivity index is 1.55. The molecular formula is C38H54FN3O7Si. The number of aromatic nitrogens is 1. The third-order valence-electron chi connectivity index (χ3n) is 11.9. The molecule has 0 spiro atoms. The van der Waals surface area contributed by atoms with Crippen molar-refractivity contribution in [2.75, 3.05) is 26.8 Å². The van der Waals surface area contributed by atoms with E-state index in [1.807, 2.05) is 47.8 Å². The van der Waals surface area contributed by atoms with Crippen molar-refractivity contribution in [1.82, 2.24) is 10.1 Å². The molecule has 3 aliphatic carbocycles. The largest absolute Gasteiger partial charge is 0.507 e. The summed E-state index contributed by atoms with van der Waals surface area (Å²) in [4.78, 5) is 32.5. The molecule has 0 amide bonds. The minimum Gasteiger partial charge on any atom is -0.507 e. The smallest absolute Gasteiger partial charge is 0.265 e. The summed E-state index contributed by atoms with van der Waals surface area (Å²) >= 11 is 0. The van der Waals surface area contributed by atoms with Crippen LogP contribution < -0.4 is 15.2 Å². The van der Waals surface area contributed by atoms with E-state index in [9.17, 15) is 5.11 Å². The van der Waals surface area contributed by atoms with E-state index in [0.29, 0.717) is 30.1 Å². The molecule has 2 heterocycles. The molecule has 12 heteroatoms. The first-order chi connectivity index (χ1) is 23.6. The number of nitrogens with two attached hydrogens (primary N) is 1. The number of carbonyl (C=O) groups excluding carboxylic acids is 2. The van der Waals surface area contributed by atoms with Gasteiger partial charge in [0.1, 0.15) is 22.9 Å². The fourth-order valence-corrected chi connectivity index (χ4v) is 9.51. The number of nitrogens with zero attached hydrogens (tertiary/aromatic N) is 2. The highest BCUT2D eigenvalue weighted by Gasteiger charge is 2.68. The van der Waals surface area contributed by atoms with Gasteiger partial charge in [-0.25, -0.2) is 4.39 Å². The average Bonchev–Trinajstić information content (AvgIpc) is 3.68. The lowest BCUT2D eigenvalue weighted by atomic mass is 9.57. The highest BCUT2D eigenvalue weighted by molar-refractivity contribution is 6.74. The Kier molecular flexibility index (Phi) is 9.90. The molecule has 3 N–H and O–H groups in total. The summed E-state index contributed by atoms with van der Waals surface area (Å²) in [6, 6.07) is 0.646. The van der Waals surface area contributed by atoms with Crippen LogP contribution in [0.5, 0.6) is 11.6 Å². The second-order valence-corrected chi connectivity index (χ2v) is 20.9. The lowest BCUT2D eigenvalue weighted by Crippen LogP contribution is -2.68. The van der Waals surface area contributed by atoms with E-state index in [-0.39, 0.29) is 63.8 Å². The summed E-state index contributed by atoms with van der Waals surface area (Å²) in [5.41, 5.74) is 6.04. The predicted molar refractivity (Wildman–Crippen MR) is 190 cm³/mol. The van der Waals surface area contributed by atoms with E-state index >= 15 is 14.0 Å². The molecule has 1 aromatic carbocycles. The number of hydrogen-bond donors (Lipinski definition) is 2. The molecule has 1 aromatic heterocycles. The highest BCUT2D eigenvalue weighted by Crippen LogP contribution is 2.58. The van der Waals surface area contributed by atoms with Gasteiger partial charge >= 0.3 is 0 Å². The normalized spacial score (nSPS) is 26.8. The van der Waals surface area contributed by atoms with Crippen molar-refractivity contribution in [2.45, 2.75) is 122 Å². The summed E-state index contributed by atoms with van der Waals surface area (Å²) in [5, 5.41) is 15.9. The van der Waals surface area contributed by atoms with Crippen LogP contribution in [0.2, 0.25) is 18.1 Å². The van der Waals surface area contributed by atoms with E-state index in [1.54, 1.807) is 6.07 Å². The van der Waals surface area contributed by atoms with Gasteiger partial charge in [0.25, 0.3) is 5.88 Å². The van der Waals surface area contributed by atoms with Gasteiger partial charge in [-0.2, -0.15) is 0 Å². The fourth-order valence-electron chi connectivity index (χ4n) is 8.06. The van der Waals surface area contributed by atoms with Gasteiger partial charge in [-0.1, -0.05) is 47.5 Å². The summed E-state index contributed by atoms with van der Waals surface area (Å²) in [5.74, 6) is -2.96. The summed E-state index contributed by atoms with van der Waals surface area (Å²) in [7, 11) is -0.885. The summed E-state index contributed by atoms with van der Waals surface area (Å²) in [6.45, 7) is 15.7. The van der Waals surface area contributed by atoms with Gasteiger partial charge in [-0.3, -0.25) is 14.5 Å². The minimum atomic E-state index is -2.88. The van der Waals surface area contributed by atoms with E-state index in [0.717, 1.165) is 45.1 Å². The number of benzene rings is 1. The molecule has 5 atom stereocenters. The maximum Gasteiger partial charge on any atom is 0.265 e. The van der Waals surface area contributed by atoms with Gasteiger partial charge in [0.2, 0.25) is 11.6 Å². The molecular weight excluding hydrogens is 658 g/mol. The second-order valence-electron chi connectivity index (χ2n) is 16.2. The molecule has 1 saturated carbocycles. The van der Waals surface area contributed by atoms with Crippen molar-refractivity contribution >= 4 is 25.6 Å². The van der Waals surface area contributed by atoms with E-state index in [4.69, 9.17) is 24.2 Å². The number of carbonyl (C=O) groups is 2. The van der Waals surface area contributed by atoms with Crippen LogP contribution >= 0.6 is 0 Å². The van der Waals surface area contributed by atoms with Crippen LogP contribution in [-0.2, 0) is 15.6 Å². The van der Waals surface area contributed by atoms with Gasteiger partial charge < -0.3 is 29.3 Å². The lowest BCUT2D eigenvalue weighted by Gasteiger charge is -2.53. The maximum absolute atomic E-state index is 16.8. The lowest BCUT2D eigenvalue weighted by molar-refractivity contribution is -0.138. The molecule has 2 aromatic rings.